The quantitative estimate of drug-likeness (QED) is 0.161. The highest BCUT2D eigenvalue weighted by Crippen LogP contribution is 2.44. The molecule has 0 radical (unpaired) electrons. The maximum Gasteiger partial charge on any atom is 0.124 e. The van der Waals surface area contributed by atoms with Gasteiger partial charge in [0.2, 0.25) is 0 Å². The Labute approximate surface area is 251 Å². The molecule has 1 atom stereocenters. The fourth-order valence-electron chi connectivity index (χ4n) is 5.34. The van der Waals surface area contributed by atoms with Crippen LogP contribution in [0.25, 0.3) is 0 Å². The average molecular weight is 582 g/mol. The van der Waals surface area contributed by atoms with E-state index in [1.54, 1.807) is 0 Å². The van der Waals surface area contributed by atoms with Crippen molar-refractivity contribution in [3.8, 4) is 5.75 Å². The Hall–Kier alpha value is -2.87. The zero-order chi connectivity index (χ0) is 30.0. The SMILES string of the molecule is CC(C)(C)c1cc(C(C[Si](C)(C)C)Nc2ccccc2P(c2ccccc2)c2ccccc2)c(O)c(C(C)(C)C)c1. The van der Waals surface area contributed by atoms with E-state index in [-0.39, 0.29) is 16.9 Å². The number of rotatable bonds is 8. The van der Waals surface area contributed by atoms with Gasteiger partial charge >= 0.3 is 0 Å². The summed E-state index contributed by atoms with van der Waals surface area (Å²) in [6.07, 6.45) is 0. The van der Waals surface area contributed by atoms with Crippen LogP contribution in [0.4, 0.5) is 5.69 Å². The van der Waals surface area contributed by atoms with E-state index in [9.17, 15) is 5.11 Å². The minimum Gasteiger partial charge on any atom is -0.507 e. The van der Waals surface area contributed by atoms with Crippen molar-refractivity contribution in [2.75, 3.05) is 5.32 Å². The lowest BCUT2D eigenvalue weighted by molar-refractivity contribution is 0.435. The van der Waals surface area contributed by atoms with E-state index in [2.05, 4.69) is 164 Å². The van der Waals surface area contributed by atoms with Crippen LogP contribution in [-0.4, -0.2) is 13.2 Å². The minimum atomic E-state index is -1.55. The lowest BCUT2D eigenvalue weighted by atomic mass is 9.78. The molecule has 0 aliphatic rings. The summed E-state index contributed by atoms with van der Waals surface area (Å²) in [6, 6.07) is 36.1. The molecule has 0 spiro atoms. The van der Waals surface area contributed by atoms with E-state index >= 15 is 0 Å². The molecule has 2 N–H and O–H groups in total. The number of phenols is 1. The summed E-state index contributed by atoms with van der Waals surface area (Å²) in [7, 11) is -2.32. The van der Waals surface area contributed by atoms with Crippen LogP contribution < -0.4 is 21.2 Å². The molecule has 0 saturated heterocycles. The normalized spacial score (nSPS) is 13.3. The summed E-state index contributed by atoms with van der Waals surface area (Å²) in [5.74, 6) is 0.437. The van der Waals surface area contributed by atoms with Gasteiger partial charge in [-0.3, -0.25) is 0 Å². The van der Waals surface area contributed by atoms with Gasteiger partial charge in [-0.15, -0.1) is 0 Å². The highest BCUT2D eigenvalue weighted by atomic mass is 31.1. The Morgan fingerprint density at radius 2 is 1.22 bits per heavy atom. The summed E-state index contributed by atoms with van der Waals surface area (Å²) >= 11 is 0. The van der Waals surface area contributed by atoms with Crippen LogP contribution in [0.2, 0.25) is 25.7 Å². The second-order valence-corrected chi connectivity index (χ2v) is 22.2. The molecular weight excluding hydrogens is 533 g/mol. The maximum absolute atomic E-state index is 11.9. The van der Waals surface area contributed by atoms with E-state index < -0.39 is 16.0 Å². The fraction of sp³-hybridized carbons (Fsp3) is 0.351. The second kappa shape index (κ2) is 12.2. The molecule has 0 saturated carbocycles. The van der Waals surface area contributed by atoms with E-state index in [0.717, 1.165) is 22.9 Å². The van der Waals surface area contributed by atoms with Crippen molar-refractivity contribution in [3.63, 3.8) is 0 Å². The summed E-state index contributed by atoms with van der Waals surface area (Å²) in [4.78, 5) is 0. The zero-order valence-corrected chi connectivity index (χ0v) is 28.3. The Balaban J connectivity index is 1.91. The molecule has 0 heterocycles. The minimum absolute atomic E-state index is 0.00499. The largest absolute Gasteiger partial charge is 0.507 e. The topological polar surface area (TPSA) is 32.3 Å². The summed E-state index contributed by atoms with van der Waals surface area (Å²) in [6.45, 7) is 20.6. The van der Waals surface area contributed by atoms with E-state index in [4.69, 9.17) is 0 Å². The Morgan fingerprint density at radius 3 is 1.71 bits per heavy atom. The van der Waals surface area contributed by atoms with Gasteiger partial charge in [-0.25, -0.2) is 0 Å². The number of phenolic OH excluding ortho intramolecular Hbond substituents is 1. The van der Waals surface area contributed by atoms with Gasteiger partial charge in [0.05, 0.1) is 6.04 Å². The molecule has 0 aliphatic heterocycles. The van der Waals surface area contributed by atoms with Crippen molar-refractivity contribution >= 4 is 37.6 Å². The first-order valence-corrected chi connectivity index (χ1v) is 19.8. The third-order valence-corrected chi connectivity index (χ3v) is 11.6. The number of aromatic hydroxyl groups is 1. The first-order chi connectivity index (χ1) is 19.1. The number of hydrogen-bond acceptors (Lipinski definition) is 2. The third-order valence-electron chi connectivity index (χ3n) is 7.51. The van der Waals surface area contributed by atoms with Gasteiger partial charge in [-0.1, -0.05) is 146 Å². The molecule has 0 aliphatic carbocycles. The van der Waals surface area contributed by atoms with Crippen molar-refractivity contribution in [1.82, 2.24) is 0 Å². The Morgan fingerprint density at radius 1 is 0.707 bits per heavy atom. The van der Waals surface area contributed by atoms with Crippen molar-refractivity contribution < 1.29 is 5.11 Å². The molecule has 4 rings (SSSR count). The molecule has 4 aromatic rings. The number of hydrogen-bond donors (Lipinski definition) is 2. The number of para-hydroxylation sites is 1. The highest BCUT2D eigenvalue weighted by molar-refractivity contribution is 7.80. The van der Waals surface area contributed by atoms with Crippen LogP contribution in [0.15, 0.2) is 97.1 Å². The van der Waals surface area contributed by atoms with Gasteiger partial charge < -0.3 is 10.4 Å². The number of benzene rings is 4. The molecule has 0 aromatic heterocycles. The Kier molecular flexibility index (Phi) is 9.21. The van der Waals surface area contributed by atoms with Crippen molar-refractivity contribution in [2.24, 2.45) is 0 Å². The zero-order valence-electron chi connectivity index (χ0n) is 26.4. The molecule has 41 heavy (non-hydrogen) atoms. The maximum atomic E-state index is 11.9. The van der Waals surface area contributed by atoms with Crippen molar-refractivity contribution in [3.05, 3.63) is 114 Å². The van der Waals surface area contributed by atoms with Gasteiger partial charge in [0, 0.05) is 24.6 Å². The molecule has 216 valence electrons. The van der Waals surface area contributed by atoms with Gasteiger partial charge in [0.1, 0.15) is 5.75 Å². The fourth-order valence-corrected chi connectivity index (χ4v) is 9.30. The molecule has 4 heteroatoms. The van der Waals surface area contributed by atoms with Crippen LogP contribution in [0.5, 0.6) is 5.75 Å². The summed E-state index contributed by atoms with van der Waals surface area (Å²) < 4.78 is 0. The molecule has 0 fully saturated rings. The average Bonchev–Trinajstić information content (AvgIpc) is 2.89. The molecule has 0 bridgehead atoms. The second-order valence-electron chi connectivity index (χ2n) is 14.4. The van der Waals surface area contributed by atoms with Crippen molar-refractivity contribution in [2.45, 2.75) is 84.1 Å². The monoisotopic (exact) mass is 581 g/mol. The number of nitrogens with one attached hydrogen (secondary N) is 1. The lowest BCUT2D eigenvalue weighted by Gasteiger charge is -2.33. The standard InChI is InChI=1S/C37H48NOPSi/c1-36(2,3)27-24-30(35(39)31(25-27)37(4,5)6)33(26-41(7,8)9)38-32-22-16-17-23-34(32)40(28-18-12-10-13-19-28)29-20-14-11-15-21-29/h10-25,33,38-39H,26H2,1-9H3. The van der Waals surface area contributed by atoms with E-state index in [0.29, 0.717) is 5.75 Å². The smallest absolute Gasteiger partial charge is 0.124 e. The third kappa shape index (κ3) is 7.70. The molecular formula is C37H48NOPSi. The van der Waals surface area contributed by atoms with Gasteiger partial charge in [0.25, 0.3) is 0 Å². The lowest BCUT2D eigenvalue weighted by Crippen LogP contribution is -2.30. The van der Waals surface area contributed by atoms with Crippen molar-refractivity contribution in [1.29, 1.82) is 0 Å². The van der Waals surface area contributed by atoms with Gasteiger partial charge in [0.15, 0.2) is 0 Å². The molecule has 2 nitrogen and oxygen atoms in total. The van der Waals surface area contributed by atoms with E-state index in [1.165, 1.54) is 21.5 Å². The predicted octanol–water partition coefficient (Wildman–Crippen LogP) is 9.24. The van der Waals surface area contributed by atoms with E-state index in [1.807, 2.05) is 0 Å². The molecule has 0 amide bonds. The highest BCUT2D eigenvalue weighted by Gasteiger charge is 2.31. The van der Waals surface area contributed by atoms with Gasteiger partial charge in [-0.2, -0.15) is 0 Å². The van der Waals surface area contributed by atoms with Crippen LogP contribution in [0.1, 0.15) is 64.3 Å². The molecule has 4 aromatic carbocycles. The first kappa shape index (κ1) is 31.1. The van der Waals surface area contributed by atoms with Crippen LogP contribution in [0.3, 0.4) is 0 Å². The first-order valence-electron chi connectivity index (χ1n) is 14.8. The summed E-state index contributed by atoms with van der Waals surface area (Å²) in [5.41, 5.74) is 4.25. The summed E-state index contributed by atoms with van der Waals surface area (Å²) in [5, 5.41) is 19.9. The van der Waals surface area contributed by atoms with Crippen LogP contribution in [0, 0.1) is 0 Å². The molecule has 1 unspecified atom stereocenters. The Bertz CT molecular complexity index is 1410. The van der Waals surface area contributed by atoms with Crippen LogP contribution in [-0.2, 0) is 10.8 Å². The predicted molar refractivity (Wildman–Crippen MR) is 185 cm³/mol. The van der Waals surface area contributed by atoms with Crippen LogP contribution >= 0.6 is 7.92 Å². The number of anilines is 1. The van der Waals surface area contributed by atoms with Gasteiger partial charge in [-0.05, 0) is 58.7 Å².